The van der Waals surface area contributed by atoms with Crippen LogP contribution in [0.4, 0.5) is 5.69 Å². The van der Waals surface area contributed by atoms with Gasteiger partial charge in [0.15, 0.2) is 0 Å². The zero-order valence-electron chi connectivity index (χ0n) is 10.0. The van der Waals surface area contributed by atoms with Gasteiger partial charge in [-0.3, -0.25) is 4.98 Å². The number of nitrogens with one attached hydrogen (secondary N) is 1. The molecule has 1 aromatic rings. The summed E-state index contributed by atoms with van der Waals surface area (Å²) < 4.78 is 5.23. The second-order valence-electron chi connectivity index (χ2n) is 3.51. The van der Waals surface area contributed by atoms with Crippen molar-refractivity contribution in [3.8, 4) is 6.07 Å². The quantitative estimate of drug-likeness (QED) is 0.770. The zero-order chi connectivity index (χ0) is 12.0. The molecular formula is C12H17N3O. The number of anilines is 1. The monoisotopic (exact) mass is 219 g/mol. The first-order valence-electron chi connectivity index (χ1n) is 5.39. The molecule has 0 saturated carbocycles. The Morgan fingerprint density at radius 2 is 2.25 bits per heavy atom. The topological polar surface area (TPSA) is 57.9 Å². The van der Waals surface area contributed by atoms with Gasteiger partial charge in [0.1, 0.15) is 6.07 Å². The minimum Gasteiger partial charge on any atom is -0.382 e. The maximum absolute atomic E-state index is 9.03. The average molecular weight is 219 g/mol. The van der Waals surface area contributed by atoms with Crippen LogP contribution in [0, 0.1) is 25.2 Å². The third kappa shape index (κ3) is 3.21. The van der Waals surface area contributed by atoms with Gasteiger partial charge in [0.05, 0.1) is 23.6 Å². The molecule has 0 aliphatic rings. The van der Waals surface area contributed by atoms with E-state index in [1.807, 2.05) is 26.8 Å². The Kier molecular flexibility index (Phi) is 4.74. The Hall–Kier alpha value is -1.60. The second kappa shape index (κ2) is 6.09. The number of nitriles is 1. The van der Waals surface area contributed by atoms with Gasteiger partial charge in [0.25, 0.3) is 0 Å². The third-order valence-corrected chi connectivity index (χ3v) is 2.21. The third-order valence-electron chi connectivity index (χ3n) is 2.21. The van der Waals surface area contributed by atoms with E-state index in [0.29, 0.717) is 25.3 Å². The van der Waals surface area contributed by atoms with Crippen molar-refractivity contribution < 1.29 is 4.74 Å². The smallest absolute Gasteiger partial charge is 0.103 e. The van der Waals surface area contributed by atoms with Crippen LogP contribution < -0.4 is 5.32 Å². The maximum atomic E-state index is 9.03. The van der Waals surface area contributed by atoms with E-state index in [2.05, 4.69) is 16.4 Å². The van der Waals surface area contributed by atoms with E-state index in [-0.39, 0.29) is 0 Å². The van der Waals surface area contributed by atoms with Crippen LogP contribution in [-0.4, -0.2) is 24.7 Å². The molecule has 86 valence electrons. The van der Waals surface area contributed by atoms with Crippen LogP contribution in [0.1, 0.15) is 23.9 Å². The molecule has 0 spiro atoms. The van der Waals surface area contributed by atoms with Crippen molar-refractivity contribution in [3.05, 3.63) is 23.0 Å². The van der Waals surface area contributed by atoms with Crippen LogP contribution in [0.5, 0.6) is 0 Å². The minimum absolute atomic E-state index is 0.613. The number of pyridine rings is 1. The van der Waals surface area contributed by atoms with Gasteiger partial charge in [-0.05, 0) is 26.8 Å². The van der Waals surface area contributed by atoms with Crippen LogP contribution in [0.25, 0.3) is 0 Å². The molecule has 16 heavy (non-hydrogen) atoms. The highest BCUT2D eigenvalue weighted by molar-refractivity contribution is 5.59. The number of hydrogen-bond donors (Lipinski definition) is 1. The molecule has 0 aromatic carbocycles. The molecule has 1 rings (SSSR count). The molecule has 0 saturated heterocycles. The van der Waals surface area contributed by atoms with Crippen LogP contribution in [0.15, 0.2) is 6.07 Å². The highest BCUT2D eigenvalue weighted by Gasteiger charge is 2.06. The number of ether oxygens (including phenoxy) is 1. The first kappa shape index (κ1) is 12.5. The van der Waals surface area contributed by atoms with Crippen molar-refractivity contribution in [1.29, 1.82) is 5.26 Å². The Morgan fingerprint density at radius 1 is 1.50 bits per heavy atom. The van der Waals surface area contributed by atoms with E-state index in [0.717, 1.165) is 17.1 Å². The van der Waals surface area contributed by atoms with Crippen LogP contribution in [0.2, 0.25) is 0 Å². The van der Waals surface area contributed by atoms with Gasteiger partial charge in [-0.2, -0.15) is 5.26 Å². The Bertz CT molecular complexity index is 396. The summed E-state index contributed by atoms with van der Waals surface area (Å²) in [6.07, 6.45) is 0. The van der Waals surface area contributed by atoms with Crippen LogP contribution in [-0.2, 0) is 4.74 Å². The highest BCUT2D eigenvalue weighted by Crippen LogP contribution is 2.18. The molecule has 0 atom stereocenters. The van der Waals surface area contributed by atoms with Crippen molar-refractivity contribution in [2.75, 3.05) is 25.1 Å². The van der Waals surface area contributed by atoms with E-state index < -0.39 is 0 Å². The zero-order valence-corrected chi connectivity index (χ0v) is 10.0. The normalized spacial score (nSPS) is 9.88. The Balaban J connectivity index is 2.75. The molecule has 0 bridgehead atoms. The molecule has 0 aliphatic heterocycles. The van der Waals surface area contributed by atoms with Crippen molar-refractivity contribution in [2.24, 2.45) is 0 Å². The largest absolute Gasteiger partial charge is 0.382 e. The van der Waals surface area contributed by atoms with E-state index in [1.165, 1.54) is 0 Å². The molecule has 0 aliphatic carbocycles. The lowest BCUT2D eigenvalue weighted by molar-refractivity contribution is 0.158. The predicted octanol–water partition coefficient (Wildman–Crippen LogP) is 2.02. The number of hydrogen-bond acceptors (Lipinski definition) is 4. The molecule has 1 aromatic heterocycles. The van der Waals surface area contributed by atoms with E-state index in [9.17, 15) is 0 Å². The number of aryl methyl sites for hydroxylation is 2. The summed E-state index contributed by atoms with van der Waals surface area (Å²) in [5, 5.41) is 12.2. The summed E-state index contributed by atoms with van der Waals surface area (Å²) in [5.41, 5.74) is 3.13. The van der Waals surface area contributed by atoms with Gasteiger partial charge in [-0.25, -0.2) is 0 Å². The Morgan fingerprint density at radius 3 is 2.88 bits per heavy atom. The molecule has 1 heterocycles. The predicted molar refractivity (Wildman–Crippen MR) is 63.4 cm³/mol. The summed E-state index contributed by atoms with van der Waals surface area (Å²) in [6, 6.07) is 4.05. The lowest BCUT2D eigenvalue weighted by atomic mass is 10.1. The summed E-state index contributed by atoms with van der Waals surface area (Å²) in [6.45, 7) is 7.77. The van der Waals surface area contributed by atoms with Gasteiger partial charge < -0.3 is 10.1 Å². The van der Waals surface area contributed by atoms with Gasteiger partial charge in [0, 0.05) is 18.8 Å². The molecule has 4 nitrogen and oxygen atoms in total. The molecule has 1 N–H and O–H groups in total. The number of nitrogens with zero attached hydrogens (tertiary/aromatic N) is 2. The van der Waals surface area contributed by atoms with Gasteiger partial charge in [0.2, 0.25) is 0 Å². The second-order valence-corrected chi connectivity index (χ2v) is 3.51. The fourth-order valence-electron chi connectivity index (χ4n) is 1.51. The number of aromatic nitrogens is 1. The van der Waals surface area contributed by atoms with Crippen LogP contribution >= 0.6 is 0 Å². The first-order chi connectivity index (χ1) is 7.69. The standard InChI is InChI=1S/C12H17N3O/c1-4-16-6-5-14-12-7-9(2)15-10(3)11(12)8-13/h7H,4-6H2,1-3H3,(H,14,15). The van der Waals surface area contributed by atoms with Gasteiger partial charge >= 0.3 is 0 Å². The van der Waals surface area contributed by atoms with E-state index in [4.69, 9.17) is 10.00 Å². The summed E-state index contributed by atoms with van der Waals surface area (Å²) in [7, 11) is 0. The maximum Gasteiger partial charge on any atom is 0.103 e. The van der Waals surface area contributed by atoms with E-state index >= 15 is 0 Å². The summed E-state index contributed by atoms with van der Waals surface area (Å²) in [5.74, 6) is 0. The van der Waals surface area contributed by atoms with Crippen molar-refractivity contribution in [3.63, 3.8) is 0 Å². The summed E-state index contributed by atoms with van der Waals surface area (Å²) >= 11 is 0. The highest BCUT2D eigenvalue weighted by atomic mass is 16.5. The lowest BCUT2D eigenvalue weighted by Gasteiger charge is -2.10. The Labute approximate surface area is 96.3 Å². The molecule has 0 radical (unpaired) electrons. The minimum atomic E-state index is 0.613. The average Bonchev–Trinajstić information content (AvgIpc) is 2.24. The molecular weight excluding hydrogens is 202 g/mol. The molecule has 0 amide bonds. The molecule has 0 fully saturated rings. The van der Waals surface area contributed by atoms with E-state index in [1.54, 1.807) is 0 Å². The van der Waals surface area contributed by atoms with Gasteiger partial charge in [-0.1, -0.05) is 0 Å². The first-order valence-corrected chi connectivity index (χ1v) is 5.39. The number of rotatable bonds is 5. The van der Waals surface area contributed by atoms with Crippen molar-refractivity contribution >= 4 is 5.69 Å². The molecule has 0 unspecified atom stereocenters. The fourth-order valence-corrected chi connectivity index (χ4v) is 1.51. The fraction of sp³-hybridized carbons (Fsp3) is 0.500. The lowest BCUT2D eigenvalue weighted by Crippen LogP contribution is -2.11. The van der Waals surface area contributed by atoms with Crippen LogP contribution in [0.3, 0.4) is 0 Å². The van der Waals surface area contributed by atoms with Crippen molar-refractivity contribution in [1.82, 2.24) is 4.98 Å². The van der Waals surface area contributed by atoms with Gasteiger partial charge in [-0.15, -0.1) is 0 Å². The molecule has 4 heteroatoms. The SMILES string of the molecule is CCOCCNc1cc(C)nc(C)c1C#N. The van der Waals surface area contributed by atoms with Crippen molar-refractivity contribution in [2.45, 2.75) is 20.8 Å². The summed E-state index contributed by atoms with van der Waals surface area (Å²) in [4.78, 5) is 4.26.